The van der Waals surface area contributed by atoms with Gasteiger partial charge in [0.05, 0.1) is 7.11 Å². The summed E-state index contributed by atoms with van der Waals surface area (Å²) in [6, 6.07) is 0. The molecule has 0 amide bonds. The number of Topliss-reactive ketones (excluding diaryl/α,β-unsaturated/α-hetero) is 1. The number of hydrogen-bond acceptors (Lipinski definition) is 3. The number of carbonyl (C=O) groups is 2. The highest BCUT2D eigenvalue weighted by molar-refractivity contribution is 6.09. The molecule has 0 aromatic rings. The van der Waals surface area contributed by atoms with Crippen molar-refractivity contribution in [2.75, 3.05) is 7.11 Å². The van der Waals surface area contributed by atoms with Gasteiger partial charge < -0.3 is 4.74 Å². The number of ketones is 2. The van der Waals surface area contributed by atoms with Crippen LogP contribution in [0.15, 0.2) is 24.0 Å². The lowest BCUT2D eigenvalue weighted by atomic mass is 9.69. The first kappa shape index (κ1) is 10.1. The Morgan fingerprint density at radius 3 is 2.80 bits per heavy atom. The first-order chi connectivity index (χ1) is 7.15. The Balaban J connectivity index is 2.38. The Bertz CT molecular complexity index is 365. The Kier molecular flexibility index (Phi) is 2.47. The highest BCUT2D eigenvalue weighted by Gasteiger charge is 2.42. The summed E-state index contributed by atoms with van der Waals surface area (Å²) in [5, 5.41) is 0. The maximum absolute atomic E-state index is 11.9. The predicted octanol–water partition coefficient (Wildman–Crippen LogP) is 1.50. The van der Waals surface area contributed by atoms with E-state index < -0.39 is 0 Å². The largest absolute Gasteiger partial charge is 0.493 e. The summed E-state index contributed by atoms with van der Waals surface area (Å²) >= 11 is 0. The number of fused-ring (bicyclic) bond motifs is 1. The van der Waals surface area contributed by atoms with Crippen molar-refractivity contribution in [1.82, 2.24) is 0 Å². The van der Waals surface area contributed by atoms with E-state index in [1.165, 1.54) is 13.2 Å². The first-order valence-corrected chi connectivity index (χ1v) is 5.15. The van der Waals surface area contributed by atoms with Gasteiger partial charge in [0.2, 0.25) is 5.78 Å². The second kappa shape index (κ2) is 3.65. The molecule has 0 bridgehead atoms. The number of carbonyl (C=O) groups excluding carboxylic acids is 2. The van der Waals surface area contributed by atoms with E-state index in [2.05, 4.69) is 0 Å². The molecule has 0 saturated carbocycles. The second-order valence-corrected chi connectivity index (χ2v) is 4.13. The molecule has 0 aromatic carbocycles. The Morgan fingerprint density at radius 1 is 1.40 bits per heavy atom. The number of rotatable bonds is 1. The van der Waals surface area contributed by atoms with E-state index in [1.807, 2.05) is 19.1 Å². The maximum Gasteiger partial charge on any atom is 0.201 e. The Labute approximate surface area is 88.8 Å². The summed E-state index contributed by atoms with van der Waals surface area (Å²) in [4.78, 5) is 23.7. The molecule has 0 heterocycles. The highest BCUT2D eigenvalue weighted by atomic mass is 16.5. The van der Waals surface area contributed by atoms with Crippen LogP contribution in [0.3, 0.4) is 0 Å². The average molecular weight is 206 g/mol. The van der Waals surface area contributed by atoms with Gasteiger partial charge in [0, 0.05) is 17.9 Å². The van der Waals surface area contributed by atoms with Crippen LogP contribution >= 0.6 is 0 Å². The molecule has 0 fully saturated rings. The molecule has 0 aliphatic heterocycles. The van der Waals surface area contributed by atoms with Crippen molar-refractivity contribution in [3.05, 3.63) is 24.0 Å². The molecule has 3 heteroatoms. The van der Waals surface area contributed by atoms with Gasteiger partial charge in [-0.05, 0) is 12.3 Å². The van der Waals surface area contributed by atoms with Crippen LogP contribution in [0.4, 0.5) is 0 Å². The molecule has 2 aliphatic carbocycles. The van der Waals surface area contributed by atoms with Crippen molar-refractivity contribution >= 4 is 11.6 Å². The Hall–Kier alpha value is -1.38. The third-order valence-corrected chi connectivity index (χ3v) is 3.23. The summed E-state index contributed by atoms with van der Waals surface area (Å²) in [6.45, 7) is 1.98. The van der Waals surface area contributed by atoms with Crippen LogP contribution in [0.1, 0.15) is 13.3 Å². The van der Waals surface area contributed by atoms with Gasteiger partial charge in [-0.15, -0.1) is 0 Å². The van der Waals surface area contributed by atoms with Gasteiger partial charge in [0.1, 0.15) is 0 Å². The van der Waals surface area contributed by atoms with E-state index in [0.717, 1.165) is 0 Å². The lowest BCUT2D eigenvalue weighted by Crippen LogP contribution is -2.39. The zero-order valence-corrected chi connectivity index (χ0v) is 8.90. The van der Waals surface area contributed by atoms with Crippen molar-refractivity contribution in [1.29, 1.82) is 0 Å². The summed E-state index contributed by atoms with van der Waals surface area (Å²) in [6.07, 6.45) is 5.99. The molecule has 0 saturated heterocycles. The van der Waals surface area contributed by atoms with E-state index in [-0.39, 0.29) is 35.1 Å². The van der Waals surface area contributed by atoms with E-state index >= 15 is 0 Å². The molecule has 15 heavy (non-hydrogen) atoms. The fraction of sp³-hybridized carbons (Fsp3) is 0.500. The van der Waals surface area contributed by atoms with Crippen LogP contribution in [0, 0.1) is 17.8 Å². The second-order valence-electron chi connectivity index (χ2n) is 4.13. The number of methoxy groups -OCH3 is 1. The van der Waals surface area contributed by atoms with E-state index in [9.17, 15) is 9.59 Å². The predicted molar refractivity (Wildman–Crippen MR) is 55.0 cm³/mol. The lowest BCUT2D eigenvalue weighted by Gasteiger charge is -2.33. The molecule has 80 valence electrons. The minimum absolute atomic E-state index is 0.0216. The third-order valence-electron chi connectivity index (χ3n) is 3.23. The summed E-state index contributed by atoms with van der Waals surface area (Å²) in [7, 11) is 1.43. The molecule has 3 nitrogen and oxygen atoms in total. The van der Waals surface area contributed by atoms with Crippen molar-refractivity contribution in [2.45, 2.75) is 13.3 Å². The molecule has 0 unspecified atom stereocenters. The minimum atomic E-state index is -0.211. The number of ether oxygens (including phenoxy) is 1. The summed E-state index contributed by atoms with van der Waals surface area (Å²) in [5.74, 6) is -0.0379. The quantitative estimate of drug-likeness (QED) is 0.610. The monoisotopic (exact) mass is 206 g/mol. The molecule has 0 aromatic heterocycles. The van der Waals surface area contributed by atoms with Gasteiger partial charge in [-0.2, -0.15) is 0 Å². The molecule has 3 atom stereocenters. The third kappa shape index (κ3) is 1.52. The molecule has 2 aliphatic rings. The molecule has 0 spiro atoms. The molecule has 2 rings (SSSR count). The van der Waals surface area contributed by atoms with Crippen molar-refractivity contribution in [3.63, 3.8) is 0 Å². The molecular weight excluding hydrogens is 192 g/mol. The van der Waals surface area contributed by atoms with Gasteiger partial charge in [-0.25, -0.2) is 0 Å². The fourth-order valence-electron chi connectivity index (χ4n) is 2.44. The Morgan fingerprint density at radius 2 is 2.13 bits per heavy atom. The zero-order valence-electron chi connectivity index (χ0n) is 8.90. The van der Waals surface area contributed by atoms with E-state index in [4.69, 9.17) is 4.74 Å². The minimum Gasteiger partial charge on any atom is -0.493 e. The summed E-state index contributed by atoms with van der Waals surface area (Å²) < 4.78 is 4.92. The van der Waals surface area contributed by atoms with Crippen molar-refractivity contribution < 1.29 is 14.3 Å². The lowest BCUT2D eigenvalue weighted by molar-refractivity contribution is -0.133. The summed E-state index contributed by atoms with van der Waals surface area (Å²) in [5.41, 5.74) is 0. The van der Waals surface area contributed by atoms with Crippen LogP contribution in [-0.4, -0.2) is 18.7 Å². The van der Waals surface area contributed by atoms with Gasteiger partial charge in [-0.3, -0.25) is 9.59 Å². The van der Waals surface area contributed by atoms with Gasteiger partial charge in [0.25, 0.3) is 0 Å². The van der Waals surface area contributed by atoms with Crippen molar-refractivity contribution in [3.8, 4) is 0 Å². The highest BCUT2D eigenvalue weighted by Crippen LogP contribution is 2.36. The van der Waals surface area contributed by atoms with Gasteiger partial charge >= 0.3 is 0 Å². The SMILES string of the molecule is COC1=CC(=O)[C@@H]2[C@H](C)C=CC[C@@H]2C1=O. The standard InChI is InChI=1S/C12H14O3/c1-7-4-3-5-8-11(7)9(13)6-10(15-2)12(8)14/h3-4,6-8,11H,5H2,1-2H3/t7-,8+,11-/m1/s1. The average Bonchev–Trinajstić information content (AvgIpc) is 2.23. The topological polar surface area (TPSA) is 43.4 Å². The molecule has 0 radical (unpaired) electrons. The van der Waals surface area contributed by atoms with Gasteiger partial charge in [-0.1, -0.05) is 19.1 Å². The van der Waals surface area contributed by atoms with Crippen LogP contribution in [0.5, 0.6) is 0 Å². The molecular formula is C12H14O3. The van der Waals surface area contributed by atoms with Crippen LogP contribution in [-0.2, 0) is 14.3 Å². The van der Waals surface area contributed by atoms with E-state index in [0.29, 0.717) is 6.42 Å². The first-order valence-electron chi connectivity index (χ1n) is 5.15. The van der Waals surface area contributed by atoms with Crippen LogP contribution in [0.2, 0.25) is 0 Å². The maximum atomic E-state index is 11.9. The van der Waals surface area contributed by atoms with Crippen molar-refractivity contribution in [2.24, 2.45) is 17.8 Å². The number of allylic oxidation sites excluding steroid dienone is 4. The fourth-order valence-corrected chi connectivity index (χ4v) is 2.44. The van der Waals surface area contributed by atoms with Crippen LogP contribution < -0.4 is 0 Å². The van der Waals surface area contributed by atoms with Gasteiger partial charge in [0.15, 0.2) is 11.5 Å². The normalized spacial score (nSPS) is 34.8. The smallest absolute Gasteiger partial charge is 0.201 e. The van der Waals surface area contributed by atoms with Crippen LogP contribution in [0.25, 0.3) is 0 Å². The van der Waals surface area contributed by atoms with E-state index in [1.54, 1.807) is 0 Å². The zero-order chi connectivity index (χ0) is 11.0. The molecule has 0 N–H and O–H groups in total. The number of hydrogen-bond donors (Lipinski definition) is 0.